The van der Waals surface area contributed by atoms with Gasteiger partial charge in [-0.05, 0) is 35.0 Å². The summed E-state index contributed by atoms with van der Waals surface area (Å²) in [6.45, 7) is 3.56. The molecule has 16 heavy (non-hydrogen) atoms. The molecule has 1 aromatic heterocycles. The van der Waals surface area contributed by atoms with E-state index in [1.54, 1.807) is 6.07 Å². The van der Waals surface area contributed by atoms with Crippen molar-refractivity contribution in [1.29, 1.82) is 0 Å². The number of aromatic nitrogens is 1. The Hall–Kier alpha value is -0.550. The average Bonchev–Trinajstić information content (AvgIpc) is 2.33. The summed E-state index contributed by atoms with van der Waals surface area (Å²) in [7, 11) is 0. The lowest BCUT2D eigenvalue weighted by molar-refractivity contribution is 0.0766. The van der Waals surface area contributed by atoms with Gasteiger partial charge in [-0.25, -0.2) is 4.98 Å². The summed E-state index contributed by atoms with van der Waals surface area (Å²) in [5.41, 5.74) is 1.41. The molecule has 1 aliphatic rings. The molecule has 1 amide bonds. The van der Waals surface area contributed by atoms with Crippen molar-refractivity contribution in [2.45, 2.75) is 6.92 Å². The topological polar surface area (TPSA) is 33.2 Å². The standard InChI is InChI=1S/C11H13BrN2OS/c1-8-9(12)2-3-10(13-8)11(15)14-4-6-16-7-5-14/h2-3H,4-7H2,1H3. The van der Waals surface area contributed by atoms with E-state index in [0.717, 1.165) is 34.8 Å². The molecule has 0 aromatic carbocycles. The van der Waals surface area contributed by atoms with E-state index in [-0.39, 0.29) is 5.91 Å². The van der Waals surface area contributed by atoms with Crippen molar-refractivity contribution < 1.29 is 4.79 Å². The summed E-state index contributed by atoms with van der Waals surface area (Å²) in [6, 6.07) is 3.66. The third-order valence-corrected chi connectivity index (χ3v) is 4.32. The summed E-state index contributed by atoms with van der Waals surface area (Å²) < 4.78 is 0.943. The zero-order valence-electron chi connectivity index (χ0n) is 9.07. The monoisotopic (exact) mass is 300 g/mol. The maximum absolute atomic E-state index is 12.1. The van der Waals surface area contributed by atoms with Crippen molar-refractivity contribution in [3.05, 3.63) is 28.0 Å². The predicted octanol–water partition coefficient (Wildman–Crippen LogP) is 2.34. The van der Waals surface area contributed by atoms with Gasteiger partial charge in [0.2, 0.25) is 0 Å². The van der Waals surface area contributed by atoms with E-state index in [2.05, 4.69) is 20.9 Å². The third-order valence-electron chi connectivity index (χ3n) is 2.54. The molecule has 0 bridgehead atoms. The second kappa shape index (κ2) is 5.19. The summed E-state index contributed by atoms with van der Waals surface area (Å²) in [6.07, 6.45) is 0. The number of hydrogen-bond donors (Lipinski definition) is 0. The van der Waals surface area contributed by atoms with Crippen LogP contribution in [-0.4, -0.2) is 40.4 Å². The van der Waals surface area contributed by atoms with Crippen LogP contribution < -0.4 is 0 Å². The van der Waals surface area contributed by atoms with E-state index in [0.29, 0.717) is 5.69 Å². The molecule has 86 valence electrons. The second-order valence-electron chi connectivity index (χ2n) is 3.67. The fraction of sp³-hybridized carbons (Fsp3) is 0.455. The van der Waals surface area contributed by atoms with Crippen LogP contribution in [0.3, 0.4) is 0 Å². The number of hydrogen-bond acceptors (Lipinski definition) is 3. The van der Waals surface area contributed by atoms with Gasteiger partial charge in [-0.15, -0.1) is 0 Å². The van der Waals surface area contributed by atoms with Crippen LogP contribution in [0.4, 0.5) is 0 Å². The van der Waals surface area contributed by atoms with Gasteiger partial charge in [0.25, 0.3) is 5.91 Å². The van der Waals surface area contributed by atoms with Gasteiger partial charge in [-0.1, -0.05) is 0 Å². The molecule has 0 spiro atoms. The summed E-state index contributed by atoms with van der Waals surface area (Å²) >= 11 is 5.28. The lowest BCUT2D eigenvalue weighted by Gasteiger charge is -2.26. The van der Waals surface area contributed by atoms with Gasteiger partial charge < -0.3 is 4.90 Å². The molecule has 1 fully saturated rings. The lowest BCUT2D eigenvalue weighted by atomic mass is 10.3. The number of aryl methyl sites for hydroxylation is 1. The molecular weight excluding hydrogens is 288 g/mol. The maximum Gasteiger partial charge on any atom is 0.272 e. The van der Waals surface area contributed by atoms with Crippen molar-refractivity contribution >= 4 is 33.6 Å². The molecule has 2 rings (SSSR count). The summed E-state index contributed by atoms with van der Waals surface area (Å²) in [5.74, 6) is 2.11. The van der Waals surface area contributed by atoms with Gasteiger partial charge in [-0.2, -0.15) is 11.8 Å². The molecule has 0 N–H and O–H groups in total. The Morgan fingerprint density at radius 3 is 2.75 bits per heavy atom. The van der Waals surface area contributed by atoms with Crippen LogP contribution in [0.25, 0.3) is 0 Å². The fourth-order valence-corrected chi connectivity index (χ4v) is 2.72. The highest BCUT2D eigenvalue weighted by Crippen LogP contribution is 2.16. The van der Waals surface area contributed by atoms with Gasteiger partial charge in [0.05, 0.1) is 5.69 Å². The van der Waals surface area contributed by atoms with E-state index in [1.807, 2.05) is 29.7 Å². The van der Waals surface area contributed by atoms with Crippen LogP contribution in [0.2, 0.25) is 0 Å². The molecule has 5 heteroatoms. The van der Waals surface area contributed by atoms with Crippen molar-refractivity contribution in [1.82, 2.24) is 9.88 Å². The predicted molar refractivity (Wildman–Crippen MR) is 69.9 cm³/mol. The molecule has 1 aromatic rings. The molecule has 0 unspecified atom stereocenters. The minimum absolute atomic E-state index is 0.0518. The van der Waals surface area contributed by atoms with Crippen molar-refractivity contribution in [2.24, 2.45) is 0 Å². The third kappa shape index (κ3) is 2.58. The number of carbonyl (C=O) groups excluding carboxylic acids is 1. The molecule has 0 atom stereocenters. The molecule has 3 nitrogen and oxygen atoms in total. The fourth-order valence-electron chi connectivity index (χ4n) is 1.59. The average molecular weight is 301 g/mol. The first-order valence-electron chi connectivity index (χ1n) is 5.18. The highest BCUT2D eigenvalue weighted by molar-refractivity contribution is 9.10. The Balaban J connectivity index is 2.16. The summed E-state index contributed by atoms with van der Waals surface area (Å²) in [5, 5.41) is 0. The van der Waals surface area contributed by atoms with Crippen LogP contribution in [0.5, 0.6) is 0 Å². The van der Waals surface area contributed by atoms with E-state index in [1.165, 1.54) is 0 Å². The molecule has 1 saturated heterocycles. The number of rotatable bonds is 1. The Morgan fingerprint density at radius 2 is 2.12 bits per heavy atom. The van der Waals surface area contributed by atoms with E-state index < -0.39 is 0 Å². The Morgan fingerprint density at radius 1 is 1.44 bits per heavy atom. The lowest BCUT2D eigenvalue weighted by Crippen LogP contribution is -2.38. The first kappa shape index (κ1) is 11.9. The van der Waals surface area contributed by atoms with Crippen molar-refractivity contribution in [2.75, 3.05) is 24.6 Å². The highest BCUT2D eigenvalue weighted by atomic mass is 79.9. The smallest absolute Gasteiger partial charge is 0.272 e. The van der Waals surface area contributed by atoms with Gasteiger partial charge in [0.15, 0.2) is 0 Å². The number of nitrogens with zero attached hydrogens (tertiary/aromatic N) is 2. The quantitative estimate of drug-likeness (QED) is 0.798. The van der Waals surface area contributed by atoms with Gasteiger partial charge in [0, 0.05) is 29.1 Å². The number of carbonyl (C=O) groups is 1. The van der Waals surface area contributed by atoms with Gasteiger partial charge >= 0.3 is 0 Å². The highest BCUT2D eigenvalue weighted by Gasteiger charge is 2.19. The number of amides is 1. The Labute approximate surface area is 108 Å². The maximum atomic E-state index is 12.1. The normalized spacial score (nSPS) is 16.2. The number of pyridine rings is 1. The first-order chi connectivity index (χ1) is 7.68. The van der Waals surface area contributed by atoms with Crippen molar-refractivity contribution in [3.63, 3.8) is 0 Å². The van der Waals surface area contributed by atoms with E-state index in [4.69, 9.17) is 0 Å². The van der Waals surface area contributed by atoms with E-state index >= 15 is 0 Å². The summed E-state index contributed by atoms with van der Waals surface area (Å²) in [4.78, 5) is 18.3. The van der Waals surface area contributed by atoms with Crippen LogP contribution in [0.15, 0.2) is 16.6 Å². The van der Waals surface area contributed by atoms with Crippen LogP contribution in [0, 0.1) is 6.92 Å². The largest absolute Gasteiger partial charge is 0.336 e. The van der Waals surface area contributed by atoms with Crippen LogP contribution >= 0.6 is 27.7 Å². The number of thioether (sulfide) groups is 1. The first-order valence-corrected chi connectivity index (χ1v) is 7.13. The SMILES string of the molecule is Cc1nc(C(=O)N2CCSCC2)ccc1Br. The van der Waals surface area contributed by atoms with Gasteiger partial charge in [0.1, 0.15) is 5.69 Å². The molecule has 0 aliphatic carbocycles. The minimum Gasteiger partial charge on any atom is -0.336 e. The number of halogens is 1. The van der Waals surface area contributed by atoms with Gasteiger partial charge in [-0.3, -0.25) is 4.79 Å². The zero-order chi connectivity index (χ0) is 11.5. The Kier molecular flexibility index (Phi) is 3.86. The molecular formula is C11H13BrN2OS. The minimum atomic E-state index is 0.0518. The van der Waals surface area contributed by atoms with Crippen LogP contribution in [-0.2, 0) is 0 Å². The molecule has 0 saturated carbocycles. The molecule has 0 radical (unpaired) electrons. The zero-order valence-corrected chi connectivity index (χ0v) is 11.5. The van der Waals surface area contributed by atoms with Crippen LogP contribution in [0.1, 0.15) is 16.2 Å². The Bertz CT molecular complexity index is 405. The molecule has 2 heterocycles. The molecule has 1 aliphatic heterocycles. The second-order valence-corrected chi connectivity index (χ2v) is 5.75. The van der Waals surface area contributed by atoms with Crippen molar-refractivity contribution in [3.8, 4) is 0 Å². The van der Waals surface area contributed by atoms with E-state index in [9.17, 15) is 4.79 Å².